The summed E-state index contributed by atoms with van der Waals surface area (Å²) in [5.74, 6) is -0.546. The zero-order chi connectivity index (χ0) is 13.1. The molecule has 1 N–H and O–H groups in total. The molecule has 0 saturated carbocycles. The second-order valence-electron chi connectivity index (χ2n) is 3.61. The minimum absolute atomic E-state index is 0.0564. The maximum Gasteiger partial charge on any atom is 0.338 e. The molecule has 0 amide bonds. The van der Waals surface area contributed by atoms with Crippen LogP contribution < -0.4 is 0 Å². The van der Waals surface area contributed by atoms with Crippen molar-refractivity contribution in [3.63, 3.8) is 0 Å². The van der Waals surface area contributed by atoms with Crippen LogP contribution in [0.1, 0.15) is 21.7 Å². The van der Waals surface area contributed by atoms with Crippen LogP contribution in [0.5, 0.6) is 0 Å². The third-order valence-corrected chi connectivity index (χ3v) is 2.90. The fraction of sp³-hybridized carbons (Fsp3) is 0.0833. The number of aromatic carboxylic acids is 1. The van der Waals surface area contributed by atoms with E-state index in [9.17, 15) is 4.79 Å². The van der Waals surface area contributed by atoms with Crippen LogP contribution >= 0.6 is 23.2 Å². The van der Waals surface area contributed by atoms with E-state index in [1.54, 1.807) is 18.2 Å². The number of rotatable bonds is 3. The summed E-state index contributed by atoms with van der Waals surface area (Å²) in [7, 11) is 0. The van der Waals surface area contributed by atoms with Gasteiger partial charge in [-0.1, -0.05) is 29.3 Å². The van der Waals surface area contributed by atoms with Gasteiger partial charge in [0.2, 0.25) is 0 Å². The van der Waals surface area contributed by atoms with Crippen LogP contribution in [0.4, 0.5) is 0 Å². The lowest BCUT2D eigenvalue weighted by molar-refractivity contribution is 0.0696. The van der Waals surface area contributed by atoms with Crippen LogP contribution in [0.15, 0.2) is 30.6 Å². The van der Waals surface area contributed by atoms with Gasteiger partial charge in [-0.3, -0.25) is 0 Å². The molecule has 92 valence electrons. The standard InChI is InChI=1S/C12H8Cl2N2O2/c13-9-2-1-7(10(14)4-9)3-11-15-5-8(6-16-11)12(17)18/h1-2,4-6H,3H2,(H,17,18). The number of halogens is 2. The Balaban J connectivity index is 2.21. The highest BCUT2D eigenvalue weighted by molar-refractivity contribution is 6.35. The van der Waals surface area contributed by atoms with Gasteiger partial charge in [0.05, 0.1) is 5.56 Å². The molecule has 0 spiro atoms. The third kappa shape index (κ3) is 2.97. The van der Waals surface area contributed by atoms with E-state index in [1.807, 2.05) is 0 Å². The van der Waals surface area contributed by atoms with Crippen molar-refractivity contribution in [2.75, 3.05) is 0 Å². The summed E-state index contributed by atoms with van der Waals surface area (Å²) < 4.78 is 0. The topological polar surface area (TPSA) is 63.1 Å². The van der Waals surface area contributed by atoms with Crippen molar-refractivity contribution in [2.24, 2.45) is 0 Å². The molecule has 0 aliphatic heterocycles. The van der Waals surface area contributed by atoms with E-state index in [0.717, 1.165) is 5.56 Å². The van der Waals surface area contributed by atoms with Gasteiger partial charge >= 0.3 is 5.97 Å². The van der Waals surface area contributed by atoms with Crippen molar-refractivity contribution in [3.05, 3.63) is 57.6 Å². The highest BCUT2D eigenvalue weighted by Crippen LogP contribution is 2.22. The molecule has 0 bridgehead atoms. The van der Waals surface area contributed by atoms with Crippen molar-refractivity contribution in [1.82, 2.24) is 9.97 Å². The average Bonchev–Trinajstić information content (AvgIpc) is 2.33. The van der Waals surface area contributed by atoms with Gasteiger partial charge in [0.1, 0.15) is 5.82 Å². The SMILES string of the molecule is O=C(O)c1cnc(Cc2ccc(Cl)cc2Cl)nc1. The molecule has 0 unspecified atom stereocenters. The van der Waals surface area contributed by atoms with Gasteiger partial charge in [-0.15, -0.1) is 0 Å². The highest BCUT2D eigenvalue weighted by atomic mass is 35.5. The molecular weight excluding hydrogens is 275 g/mol. The van der Waals surface area contributed by atoms with Gasteiger partial charge in [0.25, 0.3) is 0 Å². The number of carbonyl (C=O) groups is 1. The van der Waals surface area contributed by atoms with Crippen LogP contribution in [-0.4, -0.2) is 21.0 Å². The van der Waals surface area contributed by atoms with Crippen LogP contribution in [-0.2, 0) is 6.42 Å². The van der Waals surface area contributed by atoms with Gasteiger partial charge in [0, 0.05) is 28.9 Å². The first kappa shape index (κ1) is 12.8. The van der Waals surface area contributed by atoms with Crippen LogP contribution in [0.2, 0.25) is 10.0 Å². The van der Waals surface area contributed by atoms with E-state index in [-0.39, 0.29) is 5.56 Å². The Kier molecular flexibility index (Phi) is 3.79. The van der Waals surface area contributed by atoms with Crippen molar-refractivity contribution in [3.8, 4) is 0 Å². The molecule has 0 saturated heterocycles. The molecule has 0 aliphatic rings. The average molecular weight is 283 g/mol. The Morgan fingerprint density at radius 1 is 1.22 bits per heavy atom. The number of carboxylic acids is 1. The van der Waals surface area contributed by atoms with E-state index in [1.165, 1.54) is 12.4 Å². The van der Waals surface area contributed by atoms with E-state index in [4.69, 9.17) is 28.3 Å². The Bertz CT molecular complexity index is 585. The van der Waals surface area contributed by atoms with Gasteiger partial charge in [-0.2, -0.15) is 0 Å². The lowest BCUT2D eigenvalue weighted by Gasteiger charge is -2.04. The summed E-state index contributed by atoms with van der Waals surface area (Å²) in [4.78, 5) is 18.6. The molecule has 1 aromatic heterocycles. The Labute approximate surface area is 113 Å². The number of hydrogen-bond acceptors (Lipinski definition) is 3. The fourth-order valence-electron chi connectivity index (χ4n) is 1.39. The molecule has 0 atom stereocenters. The molecule has 0 radical (unpaired) electrons. The van der Waals surface area contributed by atoms with Crippen LogP contribution in [0.25, 0.3) is 0 Å². The minimum Gasteiger partial charge on any atom is -0.478 e. The second-order valence-corrected chi connectivity index (χ2v) is 4.45. The number of aromatic nitrogens is 2. The number of hydrogen-bond donors (Lipinski definition) is 1. The monoisotopic (exact) mass is 282 g/mol. The second kappa shape index (κ2) is 5.33. The first-order valence-electron chi connectivity index (χ1n) is 5.04. The summed E-state index contributed by atoms with van der Waals surface area (Å²) in [5.41, 5.74) is 0.894. The van der Waals surface area contributed by atoms with E-state index < -0.39 is 5.97 Å². The Morgan fingerprint density at radius 3 is 2.44 bits per heavy atom. The summed E-state index contributed by atoms with van der Waals surface area (Å²) in [6.07, 6.45) is 2.97. The molecule has 6 heteroatoms. The van der Waals surface area contributed by atoms with Crippen molar-refractivity contribution in [1.29, 1.82) is 0 Å². The maximum atomic E-state index is 10.6. The maximum absolute atomic E-state index is 10.6. The lowest BCUT2D eigenvalue weighted by atomic mass is 10.1. The number of nitrogens with zero attached hydrogens (tertiary/aromatic N) is 2. The molecule has 2 rings (SSSR count). The zero-order valence-corrected chi connectivity index (χ0v) is 10.6. The molecule has 1 aromatic carbocycles. The number of carboxylic acid groups (broad SMARTS) is 1. The summed E-state index contributed by atoms with van der Waals surface area (Å²) in [6.45, 7) is 0. The molecular formula is C12H8Cl2N2O2. The first-order chi connectivity index (χ1) is 8.56. The number of benzene rings is 1. The fourth-order valence-corrected chi connectivity index (χ4v) is 1.87. The Hall–Kier alpha value is -1.65. The third-order valence-electron chi connectivity index (χ3n) is 2.32. The van der Waals surface area contributed by atoms with Crippen molar-refractivity contribution >= 4 is 29.2 Å². The van der Waals surface area contributed by atoms with E-state index in [0.29, 0.717) is 22.3 Å². The quantitative estimate of drug-likeness (QED) is 0.940. The summed E-state index contributed by atoms with van der Waals surface area (Å²) >= 11 is 11.8. The Morgan fingerprint density at radius 2 is 1.89 bits per heavy atom. The summed E-state index contributed by atoms with van der Waals surface area (Å²) in [5, 5.41) is 9.82. The molecule has 0 aliphatic carbocycles. The first-order valence-corrected chi connectivity index (χ1v) is 5.80. The smallest absolute Gasteiger partial charge is 0.338 e. The molecule has 0 fully saturated rings. The predicted octanol–water partition coefficient (Wildman–Crippen LogP) is 3.07. The molecule has 2 aromatic rings. The van der Waals surface area contributed by atoms with Crippen molar-refractivity contribution in [2.45, 2.75) is 6.42 Å². The van der Waals surface area contributed by atoms with E-state index in [2.05, 4.69) is 9.97 Å². The van der Waals surface area contributed by atoms with Crippen LogP contribution in [0.3, 0.4) is 0 Å². The lowest BCUT2D eigenvalue weighted by Crippen LogP contribution is -2.02. The highest BCUT2D eigenvalue weighted by Gasteiger charge is 2.07. The van der Waals surface area contributed by atoms with Crippen LogP contribution in [0, 0.1) is 0 Å². The van der Waals surface area contributed by atoms with Gasteiger partial charge in [0.15, 0.2) is 0 Å². The zero-order valence-electron chi connectivity index (χ0n) is 9.10. The normalized spacial score (nSPS) is 10.3. The van der Waals surface area contributed by atoms with Gasteiger partial charge in [-0.25, -0.2) is 14.8 Å². The van der Waals surface area contributed by atoms with Crippen molar-refractivity contribution < 1.29 is 9.90 Å². The molecule has 1 heterocycles. The van der Waals surface area contributed by atoms with Gasteiger partial charge in [-0.05, 0) is 17.7 Å². The molecule has 18 heavy (non-hydrogen) atoms. The molecule has 4 nitrogen and oxygen atoms in total. The summed E-state index contributed by atoms with van der Waals surface area (Å²) in [6, 6.07) is 5.16. The minimum atomic E-state index is -1.05. The predicted molar refractivity (Wildman–Crippen MR) is 68.3 cm³/mol. The van der Waals surface area contributed by atoms with E-state index >= 15 is 0 Å². The van der Waals surface area contributed by atoms with Gasteiger partial charge < -0.3 is 5.11 Å². The largest absolute Gasteiger partial charge is 0.478 e.